The number of nitrogens with zero attached hydrogens (tertiary/aromatic N) is 1. The first-order valence-electron chi connectivity index (χ1n) is 12.3. The number of hydrogen-bond acceptors (Lipinski definition) is 3. The smallest absolute Gasteiger partial charge is 0.410 e. The highest BCUT2D eigenvalue weighted by molar-refractivity contribution is 6.92. The lowest BCUT2D eigenvalue weighted by atomic mass is 9.66. The Kier molecular flexibility index (Phi) is 10.2. The topological polar surface area (TPSA) is 46.6 Å². The molecule has 4 aromatic rings. The van der Waals surface area contributed by atoms with Crippen molar-refractivity contribution in [2.45, 2.75) is 25.4 Å². The van der Waals surface area contributed by atoms with Gasteiger partial charge in [0.15, 0.2) is 5.78 Å². The lowest BCUT2D eigenvalue weighted by molar-refractivity contribution is -0.123. The van der Waals surface area contributed by atoms with Crippen molar-refractivity contribution in [1.29, 1.82) is 0 Å². The van der Waals surface area contributed by atoms with Crippen LogP contribution in [0.15, 0.2) is 121 Å². The normalized spacial score (nSPS) is 10.7. The molecule has 4 nitrogen and oxygen atoms in total. The summed E-state index contributed by atoms with van der Waals surface area (Å²) >= 11 is 0. The van der Waals surface area contributed by atoms with E-state index in [4.69, 9.17) is 4.74 Å². The first-order valence-corrected chi connectivity index (χ1v) is 12.3. The van der Waals surface area contributed by atoms with Crippen LogP contribution in [-0.2, 0) is 21.6 Å². The summed E-state index contributed by atoms with van der Waals surface area (Å²) in [4.78, 5) is 29.1. The van der Waals surface area contributed by atoms with Crippen molar-refractivity contribution < 1.29 is 14.3 Å². The van der Waals surface area contributed by atoms with Crippen LogP contribution in [-0.4, -0.2) is 29.9 Å². The number of benzene rings is 4. The first kappa shape index (κ1) is 27.8. The molecule has 0 heterocycles. The molecule has 4 rings (SSSR count). The summed E-state index contributed by atoms with van der Waals surface area (Å²) < 4.78 is 5.61. The second-order valence-electron chi connectivity index (χ2n) is 8.73. The van der Waals surface area contributed by atoms with Crippen molar-refractivity contribution in [3.63, 3.8) is 0 Å². The van der Waals surface area contributed by atoms with E-state index in [1.807, 2.05) is 128 Å². The van der Waals surface area contributed by atoms with Crippen LogP contribution < -0.4 is 0 Å². The van der Waals surface area contributed by atoms with E-state index < -0.39 is 11.5 Å². The Morgan fingerprint density at radius 2 is 1.08 bits per heavy atom. The Bertz CT molecular complexity index is 1150. The summed E-state index contributed by atoms with van der Waals surface area (Å²) in [6.07, 6.45) is 0.222. The zero-order valence-corrected chi connectivity index (χ0v) is 23.5. The molecule has 0 aliphatic rings. The third-order valence-electron chi connectivity index (χ3n) is 6.33. The maximum atomic E-state index is 14.5. The van der Waals surface area contributed by atoms with E-state index in [1.54, 1.807) is 0 Å². The molecule has 0 saturated heterocycles. The Morgan fingerprint density at radius 1 is 0.676 bits per heavy atom. The Labute approximate surface area is 222 Å². The van der Waals surface area contributed by atoms with Gasteiger partial charge in [-0.15, -0.1) is 0 Å². The van der Waals surface area contributed by atoms with Gasteiger partial charge in [-0.2, -0.15) is 0 Å². The minimum atomic E-state index is -1.07. The molecule has 0 spiro atoms. The lowest BCUT2D eigenvalue weighted by Gasteiger charge is -2.36. The van der Waals surface area contributed by atoms with Gasteiger partial charge in [0, 0.05) is 6.54 Å². The molecular weight excluding hydrogens is 477 g/mol. The number of carbonyl (C=O) groups excluding carboxylic acids is 2. The van der Waals surface area contributed by atoms with E-state index >= 15 is 0 Å². The third kappa shape index (κ3) is 6.34. The molecule has 0 aliphatic heterocycles. The van der Waals surface area contributed by atoms with Gasteiger partial charge in [-0.3, -0.25) is 4.79 Å². The number of ether oxygens (including phenoxy) is 1. The minimum Gasteiger partial charge on any atom is -0.445 e. The van der Waals surface area contributed by atoms with Gasteiger partial charge in [-0.1, -0.05) is 128 Å². The fourth-order valence-corrected chi connectivity index (χ4v) is 4.65. The largest absolute Gasteiger partial charge is 0.445 e. The maximum absolute atomic E-state index is 14.5. The van der Waals surface area contributed by atoms with Gasteiger partial charge in [0.05, 0.1) is 6.54 Å². The van der Waals surface area contributed by atoms with E-state index in [0.29, 0.717) is 13.0 Å². The van der Waals surface area contributed by atoms with Crippen molar-refractivity contribution in [3.8, 4) is 0 Å². The van der Waals surface area contributed by atoms with Crippen LogP contribution in [0.1, 0.15) is 35.6 Å². The van der Waals surface area contributed by atoms with Crippen LogP contribution in [0.25, 0.3) is 0 Å². The van der Waals surface area contributed by atoms with Gasteiger partial charge in [-0.25, -0.2) is 4.79 Å². The van der Waals surface area contributed by atoms with Crippen molar-refractivity contribution in [2.75, 3.05) is 13.1 Å². The van der Waals surface area contributed by atoms with Crippen molar-refractivity contribution in [2.24, 2.45) is 0 Å². The van der Waals surface area contributed by atoms with Crippen LogP contribution in [0.4, 0.5) is 4.79 Å². The Balaban J connectivity index is 0.00000380. The minimum absolute atomic E-state index is 0. The fraction of sp³-hybridized carbons (Fsp3) is 0.188. The van der Waals surface area contributed by atoms with E-state index in [0.717, 1.165) is 22.3 Å². The number of carbonyl (C=O) groups is 2. The quantitative estimate of drug-likeness (QED) is 0.182. The van der Waals surface area contributed by atoms with Crippen LogP contribution in [0.2, 0.25) is 0 Å². The lowest BCUT2D eigenvalue weighted by Crippen LogP contribution is -2.47. The first-order chi connectivity index (χ1) is 17.7. The van der Waals surface area contributed by atoms with Crippen LogP contribution in [0, 0.1) is 0 Å². The van der Waals surface area contributed by atoms with Gasteiger partial charge in [0.2, 0.25) is 0 Å². The monoisotopic (exact) mass is 512 g/mol. The SMILES string of the molecule is CCCN(CC(=O)C(c1ccccc1)(c1ccccc1)c1ccccc1)C(=O)OCc1ccccc1.[PH4+]. The molecule has 0 saturated carbocycles. The van der Waals surface area contributed by atoms with Gasteiger partial charge in [-0.05, 0) is 38.6 Å². The molecule has 5 heteroatoms. The van der Waals surface area contributed by atoms with Crippen molar-refractivity contribution in [1.82, 2.24) is 4.90 Å². The standard InChI is InChI=1S/C32H31NO3.H3P/c1-2-23-33(31(35)36-25-26-15-7-3-8-16-26)24-30(34)32(27-17-9-4-10-18-27,28-19-11-5-12-20-28)29-21-13-6-14-22-29;/h3-22H,2,23-25H2,1H3;1H3/p+1. The number of Topliss-reactive ketones (excluding diaryl/α,β-unsaturated/α-hetero) is 1. The molecule has 0 bridgehead atoms. The summed E-state index contributed by atoms with van der Waals surface area (Å²) in [5.74, 6) is -0.0868. The highest BCUT2D eigenvalue weighted by Crippen LogP contribution is 2.40. The average molecular weight is 513 g/mol. The maximum Gasteiger partial charge on any atom is 0.410 e. The molecule has 0 aliphatic carbocycles. The van der Waals surface area contributed by atoms with Gasteiger partial charge in [0.1, 0.15) is 12.0 Å². The van der Waals surface area contributed by atoms with Crippen LogP contribution in [0.5, 0.6) is 0 Å². The van der Waals surface area contributed by atoms with E-state index in [1.165, 1.54) is 4.90 Å². The molecule has 0 fully saturated rings. The molecule has 1 unspecified atom stereocenters. The second kappa shape index (κ2) is 13.5. The molecule has 37 heavy (non-hydrogen) atoms. The molecule has 0 N–H and O–H groups in total. The predicted octanol–water partition coefficient (Wildman–Crippen LogP) is 6.43. The number of amides is 1. The highest BCUT2D eigenvalue weighted by atomic mass is 31.0. The zero-order valence-electron chi connectivity index (χ0n) is 21.5. The van der Waals surface area contributed by atoms with Gasteiger partial charge >= 0.3 is 6.09 Å². The van der Waals surface area contributed by atoms with E-state index in [9.17, 15) is 9.59 Å². The van der Waals surface area contributed by atoms with Gasteiger partial charge < -0.3 is 9.64 Å². The van der Waals surface area contributed by atoms with Gasteiger partial charge in [0.25, 0.3) is 0 Å². The number of ketones is 1. The molecule has 1 atom stereocenters. The van der Waals surface area contributed by atoms with E-state index in [2.05, 4.69) is 0 Å². The summed E-state index contributed by atoms with van der Waals surface area (Å²) in [7, 11) is 0. The van der Waals surface area contributed by atoms with Crippen LogP contribution in [0.3, 0.4) is 0 Å². The summed E-state index contributed by atoms with van der Waals surface area (Å²) in [5, 5.41) is 0. The molecule has 4 aromatic carbocycles. The van der Waals surface area contributed by atoms with Crippen molar-refractivity contribution >= 4 is 21.8 Å². The summed E-state index contributed by atoms with van der Waals surface area (Å²) in [6.45, 7) is 2.50. The molecule has 0 radical (unpaired) electrons. The summed E-state index contributed by atoms with van der Waals surface area (Å²) in [5.41, 5.74) is 2.42. The molecule has 1 amide bonds. The molecular formula is C32H35NO3P+. The Morgan fingerprint density at radius 3 is 1.49 bits per heavy atom. The fourth-order valence-electron chi connectivity index (χ4n) is 4.65. The van der Waals surface area contributed by atoms with E-state index in [-0.39, 0.29) is 28.8 Å². The third-order valence-corrected chi connectivity index (χ3v) is 6.33. The number of hydrogen-bond donors (Lipinski definition) is 0. The van der Waals surface area contributed by atoms with Crippen LogP contribution >= 0.6 is 9.90 Å². The average Bonchev–Trinajstić information content (AvgIpc) is 2.94. The number of rotatable bonds is 10. The summed E-state index contributed by atoms with van der Waals surface area (Å²) in [6, 6.07) is 39.0. The highest BCUT2D eigenvalue weighted by Gasteiger charge is 2.44. The van der Waals surface area contributed by atoms with Crippen molar-refractivity contribution in [3.05, 3.63) is 144 Å². The zero-order chi connectivity index (χ0) is 25.2. The molecule has 0 aromatic heterocycles. The molecule has 190 valence electrons. The Hall–Kier alpha value is -3.75. The predicted molar refractivity (Wildman–Crippen MR) is 155 cm³/mol. The second-order valence-corrected chi connectivity index (χ2v) is 8.73.